The van der Waals surface area contributed by atoms with Crippen LogP contribution in [0.1, 0.15) is 20.8 Å². The summed E-state index contributed by atoms with van der Waals surface area (Å²) in [5.41, 5.74) is 1.30. The number of hydrogen-bond donors (Lipinski definition) is 0. The summed E-state index contributed by atoms with van der Waals surface area (Å²) in [6.07, 6.45) is 1.20. The summed E-state index contributed by atoms with van der Waals surface area (Å²) in [5.74, 6) is -0.0119. The van der Waals surface area contributed by atoms with Crippen LogP contribution in [0.5, 0.6) is 0 Å². The smallest absolute Gasteiger partial charge is 0.253 e. The van der Waals surface area contributed by atoms with Crippen molar-refractivity contribution in [2.75, 3.05) is 32.4 Å². The number of benzene rings is 1. The van der Waals surface area contributed by atoms with Gasteiger partial charge in [0.2, 0.25) is 0 Å². The standard InChI is InChI=1S/C18H21ClN2O3S2/c1-26(23,24)13-14-2-4-15(5-3-14)18(22)21-10-8-20(9-11-21)12-16-6-7-17(19)25-16/h2-7H,8-13H2,1H3. The van der Waals surface area contributed by atoms with Crippen LogP contribution in [0.3, 0.4) is 0 Å². The van der Waals surface area contributed by atoms with Gasteiger partial charge in [-0.1, -0.05) is 23.7 Å². The Kier molecular flexibility index (Phi) is 6.02. The lowest BCUT2D eigenvalue weighted by molar-refractivity contribution is 0.0629. The van der Waals surface area contributed by atoms with E-state index in [2.05, 4.69) is 4.90 Å². The van der Waals surface area contributed by atoms with Crippen LogP contribution in [0.15, 0.2) is 36.4 Å². The molecule has 140 valence electrons. The number of carbonyl (C=O) groups is 1. The zero-order valence-corrected chi connectivity index (χ0v) is 16.9. The van der Waals surface area contributed by atoms with Gasteiger partial charge in [-0.15, -0.1) is 11.3 Å². The lowest BCUT2D eigenvalue weighted by Gasteiger charge is -2.34. The molecule has 1 aromatic carbocycles. The van der Waals surface area contributed by atoms with Gasteiger partial charge in [0.1, 0.15) is 0 Å². The second-order valence-electron chi connectivity index (χ2n) is 6.54. The number of hydrogen-bond acceptors (Lipinski definition) is 5. The molecule has 0 unspecified atom stereocenters. The fourth-order valence-electron chi connectivity index (χ4n) is 3.00. The first-order chi connectivity index (χ1) is 12.3. The van der Waals surface area contributed by atoms with Gasteiger partial charge in [0.15, 0.2) is 9.84 Å². The number of amides is 1. The molecule has 1 fully saturated rings. The van der Waals surface area contributed by atoms with Crippen molar-refractivity contribution in [3.05, 3.63) is 56.7 Å². The van der Waals surface area contributed by atoms with E-state index in [1.807, 2.05) is 17.0 Å². The average Bonchev–Trinajstić information content (AvgIpc) is 2.99. The molecule has 2 aromatic rings. The molecule has 5 nitrogen and oxygen atoms in total. The highest BCUT2D eigenvalue weighted by atomic mass is 35.5. The molecule has 1 amide bonds. The monoisotopic (exact) mass is 412 g/mol. The molecular formula is C18H21ClN2O3S2. The maximum atomic E-state index is 12.6. The Bertz CT molecular complexity index is 870. The summed E-state index contributed by atoms with van der Waals surface area (Å²) < 4.78 is 23.5. The van der Waals surface area contributed by atoms with Crippen molar-refractivity contribution in [3.63, 3.8) is 0 Å². The van der Waals surface area contributed by atoms with E-state index in [4.69, 9.17) is 11.6 Å². The quantitative estimate of drug-likeness (QED) is 0.757. The first-order valence-electron chi connectivity index (χ1n) is 8.33. The van der Waals surface area contributed by atoms with E-state index < -0.39 is 9.84 Å². The van der Waals surface area contributed by atoms with Crippen molar-refractivity contribution in [2.24, 2.45) is 0 Å². The highest BCUT2D eigenvalue weighted by Crippen LogP contribution is 2.23. The number of thiophene rings is 1. The fraction of sp³-hybridized carbons (Fsp3) is 0.389. The Morgan fingerprint density at radius 2 is 1.73 bits per heavy atom. The van der Waals surface area contributed by atoms with Crippen molar-refractivity contribution < 1.29 is 13.2 Å². The summed E-state index contributed by atoms with van der Waals surface area (Å²) in [4.78, 5) is 18.0. The van der Waals surface area contributed by atoms with E-state index in [1.54, 1.807) is 35.6 Å². The van der Waals surface area contributed by atoms with Gasteiger partial charge in [-0.05, 0) is 29.8 Å². The molecule has 3 rings (SSSR count). The highest BCUT2D eigenvalue weighted by molar-refractivity contribution is 7.89. The molecule has 0 N–H and O–H groups in total. The normalized spacial score (nSPS) is 16.0. The third-order valence-corrected chi connectivity index (χ3v) is 6.37. The van der Waals surface area contributed by atoms with E-state index >= 15 is 0 Å². The molecule has 1 aromatic heterocycles. The Hall–Kier alpha value is -1.41. The van der Waals surface area contributed by atoms with Gasteiger partial charge in [-0.3, -0.25) is 9.69 Å². The predicted octanol–water partition coefficient (Wildman–Crippen LogP) is 2.90. The molecule has 26 heavy (non-hydrogen) atoms. The molecular weight excluding hydrogens is 392 g/mol. The molecule has 0 atom stereocenters. The molecule has 2 heterocycles. The molecule has 1 aliphatic rings. The van der Waals surface area contributed by atoms with E-state index in [-0.39, 0.29) is 11.7 Å². The lowest BCUT2D eigenvalue weighted by atomic mass is 10.1. The molecule has 1 aliphatic heterocycles. The number of sulfone groups is 1. The largest absolute Gasteiger partial charge is 0.336 e. The van der Waals surface area contributed by atoms with Crippen LogP contribution in [0.4, 0.5) is 0 Å². The van der Waals surface area contributed by atoms with Gasteiger partial charge in [0.05, 0.1) is 10.1 Å². The zero-order chi connectivity index (χ0) is 18.7. The Labute approximate surface area is 163 Å². The minimum Gasteiger partial charge on any atom is -0.336 e. The van der Waals surface area contributed by atoms with E-state index in [0.29, 0.717) is 24.2 Å². The third kappa shape index (κ3) is 5.30. The van der Waals surface area contributed by atoms with Crippen LogP contribution in [0.25, 0.3) is 0 Å². The number of nitrogens with zero attached hydrogens (tertiary/aromatic N) is 2. The van der Waals surface area contributed by atoms with Crippen LogP contribution in [-0.2, 0) is 22.1 Å². The first kappa shape index (κ1) is 19.4. The molecule has 0 spiro atoms. The Morgan fingerprint density at radius 1 is 1.08 bits per heavy atom. The summed E-state index contributed by atoms with van der Waals surface area (Å²) in [6.45, 7) is 3.88. The third-order valence-electron chi connectivity index (χ3n) is 4.30. The summed E-state index contributed by atoms with van der Waals surface area (Å²) in [7, 11) is -3.07. The molecule has 0 saturated carbocycles. The van der Waals surface area contributed by atoms with Gasteiger partial charge in [-0.2, -0.15) is 0 Å². The fourth-order valence-corrected chi connectivity index (χ4v) is 4.92. The van der Waals surface area contributed by atoms with Crippen molar-refractivity contribution in [2.45, 2.75) is 12.3 Å². The average molecular weight is 413 g/mol. The second kappa shape index (κ2) is 8.08. The summed E-state index contributed by atoms with van der Waals surface area (Å²) in [6, 6.07) is 10.8. The van der Waals surface area contributed by atoms with Crippen LogP contribution < -0.4 is 0 Å². The molecule has 8 heteroatoms. The minimum atomic E-state index is -3.07. The van der Waals surface area contributed by atoms with Gasteiger partial charge < -0.3 is 4.90 Å². The highest BCUT2D eigenvalue weighted by Gasteiger charge is 2.22. The van der Waals surface area contributed by atoms with Crippen molar-refractivity contribution >= 4 is 38.7 Å². The topological polar surface area (TPSA) is 57.7 Å². The number of carbonyl (C=O) groups excluding carboxylic acids is 1. The van der Waals surface area contributed by atoms with Gasteiger partial charge in [0, 0.05) is 49.4 Å². The van der Waals surface area contributed by atoms with Crippen molar-refractivity contribution in [1.29, 1.82) is 0 Å². The van der Waals surface area contributed by atoms with E-state index in [9.17, 15) is 13.2 Å². The van der Waals surface area contributed by atoms with Gasteiger partial charge in [0.25, 0.3) is 5.91 Å². The zero-order valence-electron chi connectivity index (χ0n) is 14.5. The van der Waals surface area contributed by atoms with E-state index in [0.717, 1.165) is 24.0 Å². The Balaban J connectivity index is 1.54. The molecule has 0 bridgehead atoms. The van der Waals surface area contributed by atoms with Gasteiger partial charge >= 0.3 is 0 Å². The minimum absolute atomic E-state index is 0.00489. The van der Waals surface area contributed by atoms with Crippen molar-refractivity contribution in [3.8, 4) is 0 Å². The van der Waals surface area contributed by atoms with Gasteiger partial charge in [-0.25, -0.2) is 8.42 Å². The summed E-state index contributed by atoms with van der Waals surface area (Å²) in [5, 5.41) is 0. The number of piperazine rings is 1. The number of halogens is 1. The molecule has 1 saturated heterocycles. The van der Waals surface area contributed by atoms with Crippen LogP contribution in [0.2, 0.25) is 4.34 Å². The van der Waals surface area contributed by atoms with Crippen molar-refractivity contribution in [1.82, 2.24) is 9.80 Å². The van der Waals surface area contributed by atoms with Crippen LogP contribution in [0, 0.1) is 0 Å². The summed E-state index contributed by atoms with van der Waals surface area (Å²) >= 11 is 7.56. The second-order valence-corrected chi connectivity index (χ2v) is 10.5. The van der Waals surface area contributed by atoms with Crippen LogP contribution in [-0.4, -0.2) is 56.6 Å². The maximum absolute atomic E-state index is 12.6. The lowest BCUT2D eigenvalue weighted by Crippen LogP contribution is -2.48. The molecule has 0 radical (unpaired) electrons. The number of rotatable bonds is 5. The Morgan fingerprint density at radius 3 is 2.27 bits per heavy atom. The predicted molar refractivity (Wildman–Crippen MR) is 105 cm³/mol. The van der Waals surface area contributed by atoms with Crippen LogP contribution >= 0.6 is 22.9 Å². The maximum Gasteiger partial charge on any atom is 0.253 e. The molecule has 0 aliphatic carbocycles. The SMILES string of the molecule is CS(=O)(=O)Cc1ccc(C(=O)N2CCN(Cc3ccc(Cl)s3)CC2)cc1. The first-order valence-corrected chi connectivity index (χ1v) is 11.6. The van der Waals surface area contributed by atoms with E-state index in [1.165, 1.54) is 11.1 Å².